The van der Waals surface area contributed by atoms with Crippen LogP contribution in [0.25, 0.3) is 0 Å². The van der Waals surface area contributed by atoms with Crippen LogP contribution in [0.2, 0.25) is 10.0 Å². The zero-order chi connectivity index (χ0) is 20.0. The molecule has 8 heteroatoms. The largest absolute Gasteiger partial charge is 0.466 e. The fourth-order valence-corrected chi connectivity index (χ4v) is 3.33. The number of ether oxygens (including phenoxy) is 1. The van der Waals surface area contributed by atoms with Gasteiger partial charge in [0.1, 0.15) is 0 Å². The number of nitrogens with zero attached hydrogens (tertiary/aromatic N) is 2. The lowest BCUT2D eigenvalue weighted by molar-refractivity contribution is -0.152. The van der Waals surface area contributed by atoms with E-state index in [9.17, 15) is 14.4 Å². The van der Waals surface area contributed by atoms with E-state index in [0.717, 1.165) is 12.0 Å². The molecular formula is C19H24Cl2N2O4. The predicted molar refractivity (Wildman–Crippen MR) is 104 cm³/mol. The Labute approximate surface area is 169 Å². The zero-order valence-electron chi connectivity index (χ0n) is 15.5. The number of carbonyl (C=O) groups is 3. The molecule has 2 amide bonds. The van der Waals surface area contributed by atoms with E-state index >= 15 is 0 Å². The van der Waals surface area contributed by atoms with Crippen molar-refractivity contribution in [3.05, 3.63) is 33.8 Å². The SMILES string of the molecule is CCOC(=O)C1CCCN(C(=O)CN(C)C(=O)Cc2ccc(Cl)c(Cl)c2)C1. The third-order valence-corrected chi connectivity index (χ3v) is 5.27. The van der Waals surface area contributed by atoms with Gasteiger partial charge >= 0.3 is 5.97 Å². The van der Waals surface area contributed by atoms with Gasteiger partial charge in [-0.05, 0) is 37.5 Å². The van der Waals surface area contributed by atoms with Gasteiger partial charge in [0, 0.05) is 20.1 Å². The molecule has 0 N–H and O–H groups in total. The molecule has 1 heterocycles. The van der Waals surface area contributed by atoms with E-state index in [4.69, 9.17) is 27.9 Å². The average Bonchev–Trinajstić information content (AvgIpc) is 2.65. The van der Waals surface area contributed by atoms with Crippen LogP contribution in [-0.4, -0.2) is 60.9 Å². The summed E-state index contributed by atoms with van der Waals surface area (Å²) in [6.45, 7) is 2.99. The standard InChI is InChI=1S/C19H24Cl2N2O4/c1-3-27-19(26)14-5-4-8-23(11-14)18(25)12-22(2)17(24)10-13-6-7-15(20)16(21)9-13/h6-7,9,14H,3-5,8,10-12H2,1-2H3. The molecule has 0 bridgehead atoms. The van der Waals surface area contributed by atoms with Crippen LogP contribution in [0.5, 0.6) is 0 Å². The molecule has 1 unspecified atom stereocenters. The topological polar surface area (TPSA) is 66.9 Å². The van der Waals surface area contributed by atoms with Gasteiger partial charge in [-0.1, -0.05) is 29.3 Å². The van der Waals surface area contributed by atoms with Crippen molar-refractivity contribution in [1.82, 2.24) is 9.80 Å². The van der Waals surface area contributed by atoms with E-state index in [1.54, 1.807) is 37.1 Å². The first-order valence-electron chi connectivity index (χ1n) is 8.94. The maximum atomic E-state index is 12.5. The summed E-state index contributed by atoms with van der Waals surface area (Å²) in [5.74, 6) is -0.923. The highest BCUT2D eigenvalue weighted by molar-refractivity contribution is 6.42. The predicted octanol–water partition coefficient (Wildman–Crippen LogP) is 2.80. The van der Waals surface area contributed by atoms with Crippen LogP contribution in [0.15, 0.2) is 18.2 Å². The van der Waals surface area contributed by atoms with Crippen LogP contribution in [0, 0.1) is 5.92 Å². The molecule has 148 valence electrons. The molecule has 1 aromatic carbocycles. The minimum absolute atomic E-state index is 0.0320. The number of likely N-dealkylation sites (tertiary alicyclic amines) is 1. The highest BCUT2D eigenvalue weighted by Gasteiger charge is 2.30. The summed E-state index contributed by atoms with van der Waals surface area (Å²) in [5, 5.41) is 0.816. The molecule has 0 saturated carbocycles. The molecule has 1 aliphatic heterocycles. The number of esters is 1. The number of amides is 2. The first kappa shape index (κ1) is 21.5. The summed E-state index contributed by atoms with van der Waals surface area (Å²) in [7, 11) is 1.59. The number of benzene rings is 1. The Morgan fingerprint density at radius 2 is 2.00 bits per heavy atom. The second kappa shape index (κ2) is 9.95. The van der Waals surface area contributed by atoms with Gasteiger partial charge < -0.3 is 14.5 Å². The van der Waals surface area contributed by atoms with E-state index in [0.29, 0.717) is 36.2 Å². The smallest absolute Gasteiger partial charge is 0.310 e. The molecule has 1 aliphatic rings. The molecule has 27 heavy (non-hydrogen) atoms. The second-order valence-corrected chi connectivity index (χ2v) is 7.42. The van der Waals surface area contributed by atoms with Crippen LogP contribution in [-0.2, 0) is 25.5 Å². The van der Waals surface area contributed by atoms with Gasteiger partial charge in [0.05, 0.1) is 35.5 Å². The van der Waals surface area contributed by atoms with Crippen LogP contribution in [0.4, 0.5) is 0 Å². The van der Waals surface area contributed by atoms with E-state index in [-0.39, 0.29) is 36.7 Å². The van der Waals surface area contributed by atoms with Gasteiger partial charge in [0.15, 0.2) is 0 Å². The average molecular weight is 415 g/mol. The maximum Gasteiger partial charge on any atom is 0.310 e. The molecule has 0 radical (unpaired) electrons. The first-order valence-corrected chi connectivity index (χ1v) is 9.69. The molecule has 2 rings (SSSR count). The van der Waals surface area contributed by atoms with Gasteiger partial charge in [0.25, 0.3) is 0 Å². The minimum Gasteiger partial charge on any atom is -0.466 e. The summed E-state index contributed by atoms with van der Waals surface area (Å²) in [4.78, 5) is 39.8. The lowest BCUT2D eigenvalue weighted by Crippen LogP contribution is -2.47. The summed E-state index contributed by atoms with van der Waals surface area (Å²) in [5.41, 5.74) is 0.731. The highest BCUT2D eigenvalue weighted by atomic mass is 35.5. The molecule has 1 fully saturated rings. The maximum absolute atomic E-state index is 12.5. The summed E-state index contributed by atoms with van der Waals surface area (Å²) in [6.07, 6.45) is 1.59. The van der Waals surface area contributed by atoms with Crippen molar-refractivity contribution in [2.75, 3.05) is 33.3 Å². The Bertz CT molecular complexity index is 711. The number of hydrogen-bond donors (Lipinski definition) is 0. The molecule has 6 nitrogen and oxygen atoms in total. The van der Waals surface area contributed by atoms with Crippen molar-refractivity contribution in [3.8, 4) is 0 Å². The number of halogens is 2. The Hall–Kier alpha value is -1.79. The van der Waals surface area contributed by atoms with Crippen molar-refractivity contribution >= 4 is 41.0 Å². The summed E-state index contributed by atoms with van der Waals surface area (Å²) in [6, 6.07) is 5.02. The Morgan fingerprint density at radius 3 is 2.67 bits per heavy atom. The van der Waals surface area contributed by atoms with Gasteiger partial charge in [-0.25, -0.2) is 0 Å². The van der Waals surface area contributed by atoms with Crippen molar-refractivity contribution in [2.24, 2.45) is 5.92 Å². The highest BCUT2D eigenvalue weighted by Crippen LogP contribution is 2.23. The fraction of sp³-hybridized carbons (Fsp3) is 0.526. The monoisotopic (exact) mass is 414 g/mol. The van der Waals surface area contributed by atoms with Crippen LogP contribution >= 0.6 is 23.2 Å². The Balaban J connectivity index is 1.89. The third-order valence-electron chi connectivity index (χ3n) is 4.53. The molecule has 1 atom stereocenters. The lowest BCUT2D eigenvalue weighted by Gasteiger charge is -2.32. The number of rotatable bonds is 6. The molecule has 1 aromatic rings. The Morgan fingerprint density at radius 1 is 1.26 bits per heavy atom. The van der Waals surface area contributed by atoms with Crippen LogP contribution in [0.3, 0.4) is 0 Å². The van der Waals surface area contributed by atoms with Crippen molar-refractivity contribution in [3.63, 3.8) is 0 Å². The van der Waals surface area contributed by atoms with Crippen molar-refractivity contribution in [2.45, 2.75) is 26.2 Å². The van der Waals surface area contributed by atoms with Crippen LogP contribution < -0.4 is 0 Å². The van der Waals surface area contributed by atoms with Gasteiger partial charge in [0.2, 0.25) is 11.8 Å². The minimum atomic E-state index is -0.292. The van der Waals surface area contributed by atoms with Gasteiger partial charge in [-0.15, -0.1) is 0 Å². The number of piperidine rings is 1. The molecule has 0 spiro atoms. The second-order valence-electron chi connectivity index (χ2n) is 6.61. The van der Waals surface area contributed by atoms with Crippen molar-refractivity contribution in [1.29, 1.82) is 0 Å². The number of hydrogen-bond acceptors (Lipinski definition) is 4. The van der Waals surface area contributed by atoms with Gasteiger partial charge in [-0.3, -0.25) is 14.4 Å². The molecule has 0 aliphatic carbocycles. The summed E-state index contributed by atoms with van der Waals surface area (Å²) < 4.78 is 5.05. The van der Waals surface area contributed by atoms with E-state index in [2.05, 4.69) is 0 Å². The van der Waals surface area contributed by atoms with E-state index < -0.39 is 0 Å². The number of carbonyl (C=O) groups excluding carboxylic acids is 3. The normalized spacial score (nSPS) is 16.7. The number of likely N-dealkylation sites (N-methyl/N-ethyl adjacent to an activating group) is 1. The first-order chi connectivity index (χ1) is 12.8. The Kier molecular flexibility index (Phi) is 7.92. The van der Waals surface area contributed by atoms with E-state index in [1.807, 2.05) is 0 Å². The third kappa shape index (κ3) is 6.11. The molecule has 0 aromatic heterocycles. The van der Waals surface area contributed by atoms with Crippen molar-refractivity contribution < 1.29 is 19.1 Å². The van der Waals surface area contributed by atoms with Crippen LogP contribution in [0.1, 0.15) is 25.3 Å². The lowest BCUT2D eigenvalue weighted by atomic mass is 9.98. The van der Waals surface area contributed by atoms with E-state index in [1.165, 1.54) is 4.90 Å². The zero-order valence-corrected chi connectivity index (χ0v) is 17.1. The molecule has 1 saturated heterocycles. The quantitative estimate of drug-likeness (QED) is 0.671. The molecular weight excluding hydrogens is 391 g/mol. The summed E-state index contributed by atoms with van der Waals surface area (Å²) >= 11 is 11.8. The van der Waals surface area contributed by atoms with Gasteiger partial charge in [-0.2, -0.15) is 0 Å². The fourth-order valence-electron chi connectivity index (χ4n) is 3.01.